The van der Waals surface area contributed by atoms with Gasteiger partial charge < -0.3 is 15.2 Å². The second-order valence-electron chi connectivity index (χ2n) is 19.8. The van der Waals surface area contributed by atoms with Crippen molar-refractivity contribution >= 4 is 19.0 Å². The maximum Gasteiger partial charge on any atom is 0.130 e. The Balaban J connectivity index is 1.06. The summed E-state index contributed by atoms with van der Waals surface area (Å²) in [5.74, 6) is 9.31. The SMILES string of the molecule is [B]c1ccc(Oc2ccc(C3(c4ccc(Oc5ccc(N)cc5)c(C)c4)CCC4(C)C(CCC5C4CCC4(C)C(C(C)CCCC(C)C)CCC54)C3)cc2)cc1. The molecule has 8 rings (SSSR count). The van der Waals surface area contributed by atoms with Gasteiger partial charge in [-0.25, -0.2) is 0 Å². The Hall–Kier alpha value is -3.66. The van der Waals surface area contributed by atoms with E-state index in [9.17, 15) is 0 Å². The predicted octanol–water partition coefficient (Wildman–Crippen LogP) is 13.4. The van der Waals surface area contributed by atoms with Gasteiger partial charge in [-0.2, -0.15) is 0 Å². The summed E-state index contributed by atoms with van der Waals surface area (Å²) >= 11 is 0. The summed E-state index contributed by atoms with van der Waals surface area (Å²) in [5.41, 5.74) is 12.3. The van der Waals surface area contributed by atoms with Crippen molar-refractivity contribution in [3.8, 4) is 23.0 Å². The fourth-order valence-corrected chi connectivity index (χ4v) is 13.2. The Morgan fingerprint density at radius 3 is 2.02 bits per heavy atom. The number of fused-ring (bicyclic) bond motifs is 5. The first-order valence-corrected chi connectivity index (χ1v) is 22.2. The third-order valence-corrected chi connectivity index (χ3v) is 16.3. The average molecular weight is 748 g/mol. The summed E-state index contributed by atoms with van der Waals surface area (Å²) in [6.07, 6.45) is 16.4. The molecule has 4 aromatic carbocycles. The molecule has 2 N–H and O–H groups in total. The minimum Gasteiger partial charge on any atom is -0.457 e. The largest absolute Gasteiger partial charge is 0.457 e. The van der Waals surface area contributed by atoms with Crippen LogP contribution in [0.3, 0.4) is 0 Å². The number of nitrogen functional groups attached to an aromatic ring is 1. The number of hydrogen-bond acceptors (Lipinski definition) is 3. The highest BCUT2D eigenvalue weighted by Gasteiger charge is 2.62. The number of ether oxygens (including phenoxy) is 2. The summed E-state index contributed by atoms with van der Waals surface area (Å²) in [6, 6.07) is 31.4. The Bertz CT molecular complexity index is 1950. The van der Waals surface area contributed by atoms with E-state index >= 15 is 0 Å². The highest BCUT2D eigenvalue weighted by molar-refractivity contribution is 6.32. The molecule has 9 unspecified atom stereocenters. The number of anilines is 1. The lowest BCUT2D eigenvalue weighted by Crippen LogP contribution is -2.55. The molecule has 3 nitrogen and oxygen atoms in total. The first-order chi connectivity index (χ1) is 26.9. The molecule has 0 amide bonds. The van der Waals surface area contributed by atoms with E-state index in [-0.39, 0.29) is 5.41 Å². The summed E-state index contributed by atoms with van der Waals surface area (Å²) in [4.78, 5) is 0. The van der Waals surface area contributed by atoms with Crippen molar-refractivity contribution in [2.24, 2.45) is 52.3 Å². The van der Waals surface area contributed by atoms with Gasteiger partial charge in [0.05, 0.1) is 0 Å². The van der Waals surface area contributed by atoms with E-state index in [0.29, 0.717) is 16.7 Å². The van der Waals surface area contributed by atoms with Gasteiger partial charge >= 0.3 is 0 Å². The van der Waals surface area contributed by atoms with Gasteiger partial charge in [-0.1, -0.05) is 95.7 Å². The molecule has 0 heterocycles. The zero-order chi connectivity index (χ0) is 39.2. The van der Waals surface area contributed by atoms with Gasteiger partial charge in [0.1, 0.15) is 30.8 Å². The number of hydrogen-bond donors (Lipinski definition) is 1. The normalized spacial score (nSPS) is 31.6. The van der Waals surface area contributed by atoms with Crippen LogP contribution in [0.2, 0.25) is 0 Å². The van der Waals surface area contributed by atoms with Gasteiger partial charge in [0.2, 0.25) is 0 Å². The molecule has 56 heavy (non-hydrogen) atoms. The van der Waals surface area contributed by atoms with Gasteiger partial charge in [-0.05, 0) is 188 Å². The van der Waals surface area contributed by atoms with Crippen molar-refractivity contribution in [3.05, 3.63) is 108 Å². The van der Waals surface area contributed by atoms with Gasteiger partial charge in [-0.15, -0.1) is 0 Å². The van der Waals surface area contributed by atoms with E-state index in [2.05, 4.69) is 84.0 Å². The van der Waals surface area contributed by atoms with E-state index in [1.165, 1.54) is 87.3 Å². The van der Waals surface area contributed by atoms with E-state index in [4.69, 9.17) is 23.1 Å². The van der Waals surface area contributed by atoms with Crippen LogP contribution in [0.25, 0.3) is 0 Å². The van der Waals surface area contributed by atoms with Crippen LogP contribution in [0.15, 0.2) is 91.0 Å². The molecule has 4 saturated carbocycles. The summed E-state index contributed by atoms with van der Waals surface area (Å²) in [5, 5.41) is 0. The summed E-state index contributed by atoms with van der Waals surface area (Å²) < 4.78 is 12.7. The summed E-state index contributed by atoms with van der Waals surface area (Å²) in [7, 11) is 5.95. The molecule has 0 aliphatic heterocycles. The first kappa shape index (κ1) is 39.2. The molecule has 2 radical (unpaired) electrons. The van der Waals surface area contributed by atoms with Crippen LogP contribution < -0.4 is 20.7 Å². The predicted molar refractivity (Wildman–Crippen MR) is 234 cm³/mol. The quantitative estimate of drug-likeness (QED) is 0.123. The molecular weight excluding hydrogens is 681 g/mol. The van der Waals surface area contributed by atoms with Crippen molar-refractivity contribution in [3.63, 3.8) is 0 Å². The van der Waals surface area contributed by atoms with Crippen LogP contribution in [0.1, 0.15) is 128 Å². The summed E-state index contributed by atoms with van der Waals surface area (Å²) in [6.45, 7) is 15.1. The number of benzene rings is 4. The molecule has 4 aliphatic rings. The van der Waals surface area contributed by atoms with E-state index in [0.717, 1.165) is 76.1 Å². The Morgan fingerprint density at radius 1 is 0.679 bits per heavy atom. The maximum atomic E-state index is 6.40. The standard InChI is InChI=1S/C52H66BNO2/c1-34(2)8-7-9-35(3)46-25-26-47-45-24-12-39-33-52(31-30-50(39,5)48(45)28-29-51(46,47)6,37-10-18-42(19-11-37)55-43-20-14-40(53)15-21-43)38-13-27-49(36(4)32-38)56-44-22-16-41(54)17-23-44/h10-11,13-23,27,32,34-35,39,45-48H,7-9,12,24-26,28-31,33,54H2,1-6H3. The molecule has 294 valence electrons. The first-order valence-electron chi connectivity index (χ1n) is 22.2. The second kappa shape index (κ2) is 15.6. The molecule has 4 heteroatoms. The zero-order valence-corrected chi connectivity index (χ0v) is 35.2. The monoisotopic (exact) mass is 748 g/mol. The highest BCUT2D eigenvalue weighted by Crippen LogP contribution is 2.70. The molecular formula is C52H66BNO2. The lowest BCUT2D eigenvalue weighted by atomic mass is 9.42. The zero-order valence-electron chi connectivity index (χ0n) is 35.2. The van der Waals surface area contributed by atoms with E-state index < -0.39 is 0 Å². The van der Waals surface area contributed by atoms with Crippen molar-refractivity contribution in [2.45, 2.75) is 124 Å². The molecule has 4 aliphatic carbocycles. The lowest BCUT2D eigenvalue weighted by molar-refractivity contribution is -0.122. The van der Waals surface area contributed by atoms with Crippen LogP contribution >= 0.6 is 0 Å². The number of rotatable bonds is 11. The average Bonchev–Trinajstić information content (AvgIpc) is 3.54. The van der Waals surface area contributed by atoms with Crippen molar-refractivity contribution in [1.82, 2.24) is 0 Å². The maximum absolute atomic E-state index is 6.40. The molecule has 0 spiro atoms. The van der Waals surface area contributed by atoms with Crippen molar-refractivity contribution in [1.29, 1.82) is 0 Å². The molecule has 0 saturated heterocycles. The highest BCUT2D eigenvalue weighted by atomic mass is 16.5. The van der Waals surface area contributed by atoms with Gasteiger partial charge in [0.25, 0.3) is 0 Å². The third kappa shape index (κ3) is 7.33. The Labute approximate surface area is 340 Å². The molecule has 4 aromatic rings. The molecule has 0 bridgehead atoms. The third-order valence-electron chi connectivity index (χ3n) is 16.3. The molecule has 9 atom stereocenters. The van der Waals surface area contributed by atoms with Crippen molar-refractivity contribution < 1.29 is 9.47 Å². The Morgan fingerprint density at radius 2 is 1.32 bits per heavy atom. The Kier molecular flexibility index (Phi) is 10.9. The second-order valence-corrected chi connectivity index (χ2v) is 19.8. The van der Waals surface area contributed by atoms with Crippen LogP contribution in [0, 0.1) is 59.2 Å². The van der Waals surface area contributed by atoms with Crippen LogP contribution in [-0.2, 0) is 5.41 Å². The van der Waals surface area contributed by atoms with Crippen LogP contribution in [0.4, 0.5) is 5.69 Å². The fraction of sp³-hybridized carbons (Fsp3) is 0.538. The van der Waals surface area contributed by atoms with Gasteiger partial charge in [0, 0.05) is 11.1 Å². The van der Waals surface area contributed by atoms with Crippen LogP contribution in [0.5, 0.6) is 23.0 Å². The fourth-order valence-electron chi connectivity index (χ4n) is 13.2. The lowest BCUT2D eigenvalue weighted by Gasteiger charge is -2.63. The van der Waals surface area contributed by atoms with Gasteiger partial charge in [0.15, 0.2) is 0 Å². The number of nitrogens with two attached hydrogens (primary N) is 1. The van der Waals surface area contributed by atoms with E-state index in [1.807, 2.05) is 48.5 Å². The minimum absolute atomic E-state index is 0.0751. The smallest absolute Gasteiger partial charge is 0.130 e. The number of aryl methyl sites for hydroxylation is 1. The van der Waals surface area contributed by atoms with Crippen LogP contribution in [-0.4, -0.2) is 7.85 Å². The van der Waals surface area contributed by atoms with E-state index in [1.54, 1.807) is 0 Å². The molecule has 0 aromatic heterocycles. The van der Waals surface area contributed by atoms with Gasteiger partial charge in [-0.3, -0.25) is 0 Å². The minimum atomic E-state index is -0.0751. The van der Waals surface area contributed by atoms with Crippen molar-refractivity contribution in [2.75, 3.05) is 5.73 Å². The topological polar surface area (TPSA) is 44.5 Å². The molecule has 4 fully saturated rings.